The molecule has 0 aliphatic heterocycles. The number of carbonyl (C=O) groups is 1. The van der Waals surface area contributed by atoms with Gasteiger partial charge in [-0.3, -0.25) is 19.6 Å². The van der Waals surface area contributed by atoms with Crippen LogP contribution in [0.25, 0.3) is 0 Å². The number of carbonyl (C=O) groups excluding carboxylic acids is 1. The third-order valence-electron chi connectivity index (χ3n) is 4.29. The first-order valence-electron chi connectivity index (χ1n) is 8.77. The Morgan fingerprint density at radius 2 is 1.97 bits per heavy atom. The maximum absolute atomic E-state index is 12.4. The van der Waals surface area contributed by atoms with E-state index < -0.39 is 10.8 Å². The van der Waals surface area contributed by atoms with Crippen molar-refractivity contribution < 1.29 is 14.5 Å². The van der Waals surface area contributed by atoms with E-state index in [1.807, 2.05) is 25.1 Å². The van der Waals surface area contributed by atoms with Crippen LogP contribution in [0.5, 0.6) is 11.5 Å². The molecule has 0 aliphatic rings. The maximum Gasteiger partial charge on any atom is 0.275 e. The molecule has 9 heteroatoms. The van der Waals surface area contributed by atoms with Gasteiger partial charge >= 0.3 is 0 Å². The quantitative estimate of drug-likeness (QED) is 0.461. The predicted octanol–water partition coefficient (Wildman–Crippen LogP) is 4.80. The van der Waals surface area contributed by atoms with Crippen molar-refractivity contribution in [2.45, 2.75) is 27.3 Å². The highest BCUT2D eigenvalue weighted by Gasteiger charge is 2.16. The zero-order valence-corrected chi connectivity index (χ0v) is 16.9. The lowest BCUT2D eigenvalue weighted by Crippen LogP contribution is -2.20. The summed E-state index contributed by atoms with van der Waals surface area (Å²) in [5, 5.41) is 18.7. The monoisotopic (exact) mass is 414 g/mol. The number of ether oxygens (including phenoxy) is 1. The topological polar surface area (TPSA) is 99.3 Å². The molecule has 1 heterocycles. The van der Waals surface area contributed by atoms with Crippen LogP contribution in [0.4, 0.5) is 11.4 Å². The number of anilines is 1. The van der Waals surface area contributed by atoms with Crippen LogP contribution in [-0.4, -0.2) is 20.6 Å². The van der Waals surface area contributed by atoms with E-state index in [1.54, 1.807) is 19.9 Å². The van der Waals surface area contributed by atoms with Crippen molar-refractivity contribution in [3.8, 4) is 11.5 Å². The van der Waals surface area contributed by atoms with Gasteiger partial charge in [-0.15, -0.1) is 0 Å². The number of nitro benzene ring substituents is 1. The molecule has 1 aromatic heterocycles. The van der Waals surface area contributed by atoms with Crippen molar-refractivity contribution >= 4 is 28.9 Å². The van der Waals surface area contributed by atoms with Gasteiger partial charge < -0.3 is 10.1 Å². The van der Waals surface area contributed by atoms with Gasteiger partial charge in [0.15, 0.2) is 0 Å². The molecule has 1 amide bonds. The SMILES string of the molecule is Cc1ccccc1Oc1cc(NC(=O)Cn2nc(C)c(Cl)c2C)cc([N+](=O)[O-])c1. The Kier molecular flexibility index (Phi) is 5.84. The number of hydrogen-bond acceptors (Lipinski definition) is 5. The second-order valence-corrected chi connectivity index (χ2v) is 6.91. The molecule has 1 N–H and O–H groups in total. The number of non-ortho nitro benzene ring substituents is 1. The number of nitrogens with zero attached hydrogens (tertiary/aromatic N) is 3. The average molecular weight is 415 g/mol. The van der Waals surface area contributed by atoms with E-state index in [1.165, 1.54) is 22.9 Å². The Morgan fingerprint density at radius 3 is 2.59 bits per heavy atom. The minimum Gasteiger partial charge on any atom is -0.457 e. The van der Waals surface area contributed by atoms with E-state index in [-0.39, 0.29) is 23.7 Å². The molecule has 8 nitrogen and oxygen atoms in total. The summed E-state index contributed by atoms with van der Waals surface area (Å²) in [5.74, 6) is 0.426. The highest BCUT2D eigenvalue weighted by Crippen LogP contribution is 2.31. The first-order valence-corrected chi connectivity index (χ1v) is 9.14. The normalized spacial score (nSPS) is 10.6. The Labute approximate surface area is 172 Å². The lowest BCUT2D eigenvalue weighted by atomic mass is 10.2. The van der Waals surface area contributed by atoms with Gasteiger partial charge in [-0.25, -0.2) is 0 Å². The number of amides is 1. The molecule has 150 valence electrons. The number of aryl methyl sites for hydroxylation is 2. The number of aromatic nitrogens is 2. The van der Waals surface area contributed by atoms with E-state index in [0.29, 0.717) is 22.2 Å². The van der Waals surface area contributed by atoms with E-state index in [2.05, 4.69) is 10.4 Å². The summed E-state index contributed by atoms with van der Waals surface area (Å²) < 4.78 is 7.27. The maximum atomic E-state index is 12.4. The predicted molar refractivity (Wildman–Crippen MR) is 110 cm³/mol. The zero-order valence-electron chi connectivity index (χ0n) is 16.1. The van der Waals surface area contributed by atoms with Gasteiger partial charge in [0.1, 0.15) is 18.0 Å². The first-order chi connectivity index (χ1) is 13.7. The van der Waals surface area contributed by atoms with Crippen molar-refractivity contribution in [2.24, 2.45) is 0 Å². The highest BCUT2D eigenvalue weighted by molar-refractivity contribution is 6.31. The van der Waals surface area contributed by atoms with Crippen LogP contribution in [-0.2, 0) is 11.3 Å². The van der Waals surface area contributed by atoms with Gasteiger partial charge in [0.2, 0.25) is 5.91 Å². The number of hydrogen-bond donors (Lipinski definition) is 1. The number of nitro groups is 1. The second-order valence-electron chi connectivity index (χ2n) is 6.53. The van der Waals surface area contributed by atoms with Crippen LogP contribution >= 0.6 is 11.6 Å². The molecule has 3 rings (SSSR count). The van der Waals surface area contributed by atoms with E-state index >= 15 is 0 Å². The first kappa shape index (κ1) is 20.3. The largest absolute Gasteiger partial charge is 0.457 e. The molecule has 0 saturated heterocycles. The van der Waals surface area contributed by atoms with Gasteiger partial charge in [-0.05, 0) is 32.4 Å². The third-order valence-corrected chi connectivity index (χ3v) is 4.84. The molecule has 0 atom stereocenters. The molecule has 0 bridgehead atoms. The molecule has 29 heavy (non-hydrogen) atoms. The second kappa shape index (κ2) is 8.32. The smallest absolute Gasteiger partial charge is 0.275 e. The Hall–Kier alpha value is -3.39. The van der Waals surface area contributed by atoms with Crippen LogP contribution in [0.3, 0.4) is 0 Å². The van der Waals surface area contributed by atoms with Gasteiger partial charge in [0.05, 0.1) is 33.1 Å². The lowest BCUT2D eigenvalue weighted by molar-refractivity contribution is -0.384. The Morgan fingerprint density at radius 1 is 1.24 bits per heavy atom. The van der Waals surface area contributed by atoms with Crippen molar-refractivity contribution in [3.05, 3.63) is 74.6 Å². The van der Waals surface area contributed by atoms with Crippen molar-refractivity contribution in [1.82, 2.24) is 9.78 Å². The standard InChI is InChI=1S/C20H19ClN4O4/c1-12-6-4-5-7-18(12)29-17-9-15(8-16(10-17)25(27)28)22-19(26)11-24-14(3)20(21)13(2)23-24/h4-10H,11H2,1-3H3,(H,22,26). The van der Waals surface area contributed by atoms with Crippen LogP contribution in [0.2, 0.25) is 5.02 Å². The van der Waals surface area contributed by atoms with Crippen molar-refractivity contribution in [3.63, 3.8) is 0 Å². The number of benzene rings is 2. The Bertz CT molecular complexity index is 1090. The summed E-state index contributed by atoms with van der Waals surface area (Å²) in [6, 6.07) is 11.4. The van der Waals surface area contributed by atoms with Crippen LogP contribution in [0.15, 0.2) is 42.5 Å². The average Bonchev–Trinajstić information content (AvgIpc) is 2.90. The van der Waals surface area contributed by atoms with Gasteiger partial charge in [-0.2, -0.15) is 5.10 Å². The molecule has 2 aromatic carbocycles. The van der Waals surface area contributed by atoms with Crippen molar-refractivity contribution in [1.29, 1.82) is 0 Å². The van der Waals surface area contributed by atoms with Gasteiger partial charge in [0.25, 0.3) is 5.69 Å². The molecule has 0 unspecified atom stereocenters. The Balaban J connectivity index is 1.83. The van der Waals surface area contributed by atoms with Crippen molar-refractivity contribution in [2.75, 3.05) is 5.32 Å². The van der Waals surface area contributed by atoms with Crippen LogP contribution in [0.1, 0.15) is 17.0 Å². The van der Waals surface area contributed by atoms with Gasteiger partial charge in [-0.1, -0.05) is 29.8 Å². The fourth-order valence-electron chi connectivity index (χ4n) is 2.78. The lowest BCUT2D eigenvalue weighted by Gasteiger charge is -2.11. The number of para-hydroxylation sites is 1. The number of rotatable bonds is 6. The summed E-state index contributed by atoms with van der Waals surface area (Å²) in [4.78, 5) is 23.2. The minimum atomic E-state index is -0.541. The van der Waals surface area contributed by atoms with Crippen LogP contribution < -0.4 is 10.1 Å². The van der Waals surface area contributed by atoms with E-state index in [9.17, 15) is 14.9 Å². The summed E-state index contributed by atoms with van der Waals surface area (Å²) in [5.41, 5.74) is 2.23. The van der Waals surface area contributed by atoms with Crippen LogP contribution in [0, 0.1) is 30.9 Å². The molecule has 0 spiro atoms. The third kappa shape index (κ3) is 4.72. The molecule has 0 fully saturated rings. The van der Waals surface area contributed by atoms with E-state index in [4.69, 9.17) is 16.3 Å². The fraction of sp³-hybridized carbons (Fsp3) is 0.200. The molecular weight excluding hydrogens is 396 g/mol. The summed E-state index contributed by atoms with van der Waals surface area (Å²) in [6.45, 7) is 5.31. The number of nitrogens with one attached hydrogen (secondary N) is 1. The summed E-state index contributed by atoms with van der Waals surface area (Å²) in [7, 11) is 0. The fourth-order valence-corrected chi connectivity index (χ4v) is 2.92. The molecule has 0 aliphatic carbocycles. The minimum absolute atomic E-state index is 0.0733. The molecular formula is C20H19ClN4O4. The molecule has 3 aromatic rings. The van der Waals surface area contributed by atoms with E-state index in [0.717, 1.165) is 5.56 Å². The van der Waals surface area contributed by atoms with Gasteiger partial charge in [0, 0.05) is 12.1 Å². The number of halogens is 1. The molecule has 0 radical (unpaired) electrons. The zero-order chi connectivity index (χ0) is 21.1. The molecule has 0 saturated carbocycles. The summed E-state index contributed by atoms with van der Waals surface area (Å²) in [6.07, 6.45) is 0. The highest BCUT2D eigenvalue weighted by atomic mass is 35.5. The summed E-state index contributed by atoms with van der Waals surface area (Å²) >= 11 is 6.10.